The molecule has 39 heavy (non-hydrogen) atoms. The Bertz CT molecular complexity index is 1080. The Hall–Kier alpha value is -4.13. The molecule has 0 spiro atoms. The van der Waals surface area contributed by atoms with Gasteiger partial charge in [-0.2, -0.15) is 0 Å². The first kappa shape index (κ1) is 31.1. The lowest BCUT2D eigenvalue weighted by Gasteiger charge is -2.44. The fourth-order valence-corrected chi connectivity index (χ4v) is 3.64. The highest BCUT2D eigenvalue weighted by atomic mass is 16.7. The highest BCUT2D eigenvalue weighted by Gasteiger charge is 2.53. The van der Waals surface area contributed by atoms with Crippen molar-refractivity contribution in [2.75, 3.05) is 20.3 Å². The van der Waals surface area contributed by atoms with Gasteiger partial charge in [0.25, 0.3) is 0 Å². The second kappa shape index (κ2) is 14.7. The molecule has 1 aromatic rings. The van der Waals surface area contributed by atoms with E-state index in [0.29, 0.717) is 5.56 Å². The Morgan fingerprint density at radius 3 is 1.92 bits per heavy atom. The van der Waals surface area contributed by atoms with Crippen LogP contribution in [0.1, 0.15) is 40.2 Å². The van der Waals surface area contributed by atoms with Gasteiger partial charge in [-0.25, -0.2) is 0 Å². The Balaban J connectivity index is 2.44. The number of hydrogen-bond acceptors (Lipinski definition) is 13. The van der Waals surface area contributed by atoms with Crippen molar-refractivity contribution >= 4 is 35.9 Å². The van der Waals surface area contributed by atoms with Crippen LogP contribution in [0.5, 0.6) is 11.5 Å². The van der Waals surface area contributed by atoms with E-state index in [-0.39, 0.29) is 24.7 Å². The van der Waals surface area contributed by atoms with E-state index in [1.165, 1.54) is 21.0 Å². The molecule has 1 aliphatic heterocycles. The minimum Gasteiger partial charge on any atom is -0.493 e. The van der Waals surface area contributed by atoms with Crippen molar-refractivity contribution in [3.05, 3.63) is 29.8 Å². The molecule has 0 N–H and O–H groups in total. The molecule has 0 aliphatic carbocycles. The third-order valence-electron chi connectivity index (χ3n) is 5.07. The lowest BCUT2D eigenvalue weighted by Crippen LogP contribution is -2.63. The minimum absolute atomic E-state index is 0.0840. The van der Waals surface area contributed by atoms with Crippen LogP contribution in [0, 0.1) is 0 Å². The monoisotopic (exact) mass is 552 g/mol. The molecule has 0 aromatic heterocycles. The van der Waals surface area contributed by atoms with E-state index in [4.69, 9.17) is 37.9 Å². The molecule has 1 aliphatic rings. The van der Waals surface area contributed by atoms with Gasteiger partial charge in [0.05, 0.1) is 7.11 Å². The van der Waals surface area contributed by atoms with Crippen LogP contribution in [-0.2, 0) is 52.4 Å². The Kier molecular flexibility index (Phi) is 11.7. The Morgan fingerprint density at radius 1 is 0.769 bits per heavy atom. The van der Waals surface area contributed by atoms with Crippen LogP contribution >= 0.6 is 0 Å². The van der Waals surface area contributed by atoms with Gasteiger partial charge in [-0.15, -0.1) is 0 Å². The summed E-state index contributed by atoms with van der Waals surface area (Å²) in [6.45, 7) is 5.56. The summed E-state index contributed by atoms with van der Waals surface area (Å²) in [4.78, 5) is 58.2. The quantitative estimate of drug-likeness (QED) is 0.289. The highest BCUT2D eigenvalue weighted by Crippen LogP contribution is 2.35. The van der Waals surface area contributed by atoms with Gasteiger partial charge >= 0.3 is 29.8 Å². The predicted molar refractivity (Wildman–Crippen MR) is 131 cm³/mol. The van der Waals surface area contributed by atoms with Gasteiger partial charge in [0.1, 0.15) is 19.3 Å². The van der Waals surface area contributed by atoms with E-state index in [9.17, 15) is 24.0 Å². The lowest BCUT2D eigenvalue weighted by molar-refractivity contribution is -0.288. The minimum atomic E-state index is -1.41. The summed E-state index contributed by atoms with van der Waals surface area (Å²) in [6.07, 6.45) is -3.30. The molecule has 0 bridgehead atoms. The van der Waals surface area contributed by atoms with Gasteiger partial charge in [0.2, 0.25) is 12.4 Å². The summed E-state index contributed by atoms with van der Waals surface area (Å²) in [5.41, 5.74) is 0.688. The van der Waals surface area contributed by atoms with Gasteiger partial charge in [-0.05, 0) is 23.8 Å². The normalized spacial score (nSPS) is 22.4. The number of ether oxygens (including phenoxy) is 8. The van der Waals surface area contributed by atoms with Gasteiger partial charge in [-0.1, -0.05) is 12.1 Å². The van der Waals surface area contributed by atoms with Gasteiger partial charge in [-0.3, -0.25) is 24.0 Å². The average Bonchev–Trinajstić information content (AvgIpc) is 2.84. The van der Waals surface area contributed by atoms with Crippen LogP contribution in [0.2, 0.25) is 0 Å². The smallest absolute Gasteiger partial charge is 0.303 e. The van der Waals surface area contributed by atoms with Crippen LogP contribution in [0.15, 0.2) is 24.3 Å². The summed E-state index contributed by atoms with van der Waals surface area (Å²) in [7, 11) is 1.40. The zero-order valence-electron chi connectivity index (χ0n) is 22.5. The number of hydrogen-bond donors (Lipinski definition) is 0. The summed E-state index contributed by atoms with van der Waals surface area (Å²) >= 11 is 0. The SMILES string of the molecule is COc1cc(/C=C/COC(C)=O)ccc1O[C@@H]1O[C@H](COC(C)=O)[C@@H](OC(C)=O)[C@H](OC(C)=O)[C@H]1OC(C)=O. The molecule has 5 atom stereocenters. The van der Waals surface area contributed by atoms with Crippen LogP contribution in [0.3, 0.4) is 0 Å². The third kappa shape index (κ3) is 9.93. The Morgan fingerprint density at radius 2 is 1.36 bits per heavy atom. The third-order valence-corrected chi connectivity index (χ3v) is 5.07. The number of methoxy groups -OCH3 is 1. The van der Waals surface area contributed by atoms with Crippen molar-refractivity contribution in [1.29, 1.82) is 0 Å². The fraction of sp³-hybridized carbons (Fsp3) is 0.500. The van der Waals surface area contributed by atoms with Gasteiger partial charge in [0, 0.05) is 34.6 Å². The maximum atomic E-state index is 12.0. The van der Waals surface area contributed by atoms with Gasteiger partial charge < -0.3 is 37.9 Å². The number of rotatable bonds is 11. The molecule has 0 amide bonds. The molecule has 13 nitrogen and oxygen atoms in total. The topological polar surface area (TPSA) is 159 Å². The van der Waals surface area contributed by atoms with Crippen LogP contribution in [-0.4, -0.2) is 80.9 Å². The molecule has 0 radical (unpaired) electrons. The van der Waals surface area contributed by atoms with E-state index in [1.807, 2.05) is 0 Å². The summed E-state index contributed by atoms with van der Waals surface area (Å²) in [5, 5.41) is 0. The van der Waals surface area contributed by atoms with Crippen molar-refractivity contribution in [2.24, 2.45) is 0 Å². The number of carbonyl (C=O) groups is 5. The molecular formula is C26H32O13. The molecule has 1 saturated heterocycles. The first-order chi connectivity index (χ1) is 18.4. The standard InChI is InChI=1S/C26H32O13/c1-14(27)33-11-7-8-19-9-10-20(21(12-19)32-6)38-26-25(37-18(5)31)24(36-17(4)30)23(35-16(3)29)22(39-26)13-34-15(2)28/h7-10,12,22-26H,11,13H2,1-6H3/b8-7+/t22-,23-,24+,25-,26-/m1/s1. The van der Waals surface area contributed by atoms with Crippen molar-refractivity contribution in [1.82, 2.24) is 0 Å². The van der Waals surface area contributed by atoms with E-state index in [2.05, 4.69) is 0 Å². The molecule has 1 heterocycles. The van der Waals surface area contributed by atoms with Crippen molar-refractivity contribution < 1.29 is 61.9 Å². The molecule has 1 aromatic carbocycles. The van der Waals surface area contributed by atoms with E-state index in [1.54, 1.807) is 30.4 Å². The first-order valence-electron chi connectivity index (χ1n) is 11.9. The van der Waals surface area contributed by atoms with E-state index >= 15 is 0 Å². The molecular weight excluding hydrogens is 520 g/mol. The second-order valence-corrected chi connectivity index (χ2v) is 8.30. The van der Waals surface area contributed by atoms with Crippen LogP contribution < -0.4 is 9.47 Å². The fourth-order valence-electron chi connectivity index (χ4n) is 3.64. The molecule has 2 rings (SSSR count). The van der Waals surface area contributed by atoms with Crippen LogP contribution in [0.25, 0.3) is 6.08 Å². The lowest BCUT2D eigenvalue weighted by atomic mass is 9.98. The van der Waals surface area contributed by atoms with Crippen molar-refractivity contribution in [3.63, 3.8) is 0 Å². The highest BCUT2D eigenvalue weighted by molar-refractivity contribution is 5.69. The zero-order valence-corrected chi connectivity index (χ0v) is 22.5. The van der Waals surface area contributed by atoms with Gasteiger partial charge in [0.15, 0.2) is 23.7 Å². The van der Waals surface area contributed by atoms with Crippen molar-refractivity contribution in [2.45, 2.75) is 65.3 Å². The molecule has 214 valence electrons. The predicted octanol–water partition coefficient (Wildman–Crippen LogP) is 1.73. The summed E-state index contributed by atoms with van der Waals surface area (Å²) in [6, 6.07) is 4.86. The molecule has 1 fully saturated rings. The van der Waals surface area contributed by atoms with E-state index < -0.39 is 60.6 Å². The first-order valence-corrected chi connectivity index (χ1v) is 11.9. The summed E-state index contributed by atoms with van der Waals surface area (Å²) < 4.78 is 43.5. The molecule has 0 saturated carbocycles. The Labute approximate surface area is 225 Å². The zero-order chi connectivity index (χ0) is 29.1. The summed E-state index contributed by atoms with van der Waals surface area (Å²) in [5.74, 6) is -2.88. The maximum absolute atomic E-state index is 12.0. The largest absolute Gasteiger partial charge is 0.493 e. The number of benzene rings is 1. The van der Waals surface area contributed by atoms with Crippen molar-refractivity contribution in [3.8, 4) is 11.5 Å². The van der Waals surface area contributed by atoms with E-state index in [0.717, 1.165) is 20.8 Å². The second-order valence-electron chi connectivity index (χ2n) is 8.30. The molecule has 13 heteroatoms. The van der Waals surface area contributed by atoms with Crippen LogP contribution in [0.4, 0.5) is 0 Å². The number of esters is 5. The average molecular weight is 553 g/mol. The molecule has 0 unspecified atom stereocenters. The number of carbonyl (C=O) groups excluding carboxylic acids is 5. The maximum Gasteiger partial charge on any atom is 0.303 e.